The second-order valence-corrected chi connectivity index (χ2v) is 2.61. The zero-order chi connectivity index (χ0) is 8.97. The Morgan fingerprint density at radius 3 is 2.75 bits per heavy atom. The highest BCUT2D eigenvalue weighted by molar-refractivity contribution is 5.74. The minimum absolute atomic E-state index is 0.756. The molecule has 1 aromatic carbocycles. The Morgan fingerprint density at radius 1 is 1.42 bits per heavy atom. The molecule has 1 aromatic rings. The highest BCUT2D eigenvalue weighted by Crippen LogP contribution is 2.13. The average molecular weight is 161 g/mol. The van der Waals surface area contributed by atoms with E-state index in [1.165, 1.54) is 6.08 Å². The first kappa shape index (κ1) is 8.53. The number of nitrogens with two attached hydrogens (primary N) is 1. The van der Waals surface area contributed by atoms with Gasteiger partial charge in [0.15, 0.2) is 0 Å². The highest BCUT2D eigenvalue weighted by atomic mass is 16.1. The number of allylic oxidation sites excluding steroid dienone is 1. The molecular formula is C10H11NO. The molecule has 0 aromatic heterocycles. The number of carbonyl (C=O) groups is 1. The monoisotopic (exact) mass is 161 g/mol. The fourth-order valence-electron chi connectivity index (χ4n) is 0.953. The van der Waals surface area contributed by atoms with Crippen LogP contribution in [-0.2, 0) is 4.79 Å². The zero-order valence-corrected chi connectivity index (χ0v) is 6.95. The number of carbonyl (C=O) groups excluding carboxylic acids is 1. The van der Waals surface area contributed by atoms with Crippen LogP contribution in [0.3, 0.4) is 0 Å². The Balaban J connectivity index is 2.96. The summed E-state index contributed by atoms with van der Waals surface area (Å²) in [5.41, 5.74) is 8.42. The van der Waals surface area contributed by atoms with Gasteiger partial charge in [-0.1, -0.05) is 12.1 Å². The summed E-state index contributed by atoms with van der Waals surface area (Å²) in [6.07, 6.45) is 3.97. The van der Waals surface area contributed by atoms with E-state index in [0.717, 1.165) is 23.1 Å². The topological polar surface area (TPSA) is 43.1 Å². The van der Waals surface area contributed by atoms with Gasteiger partial charge in [0.25, 0.3) is 0 Å². The molecule has 0 saturated carbocycles. The molecule has 0 aliphatic heterocycles. The molecule has 0 radical (unpaired) electrons. The van der Waals surface area contributed by atoms with Crippen LogP contribution >= 0.6 is 0 Å². The van der Waals surface area contributed by atoms with Crippen molar-refractivity contribution in [1.82, 2.24) is 0 Å². The van der Waals surface area contributed by atoms with Gasteiger partial charge in [-0.05, 0) is 36.3 Å². The van der Waals surface area contributed by atoms with E-state index in [2.05, 4.69) is 0 Å². The van der Waals surface area contributed by atoms with Crippen molar-refractivity contribution in [2.24, 2.45) is 0 Å². The van der Waals surface area contributed by atoms with Crippen molar-refractivity contribution in [3.8, 4) is 0 Å². The zero-order valence-electron chi connectivity index (χ0n) is 6.95. The minimum Gasteiger partial charge on any atom is -0.399 e. The van der Waals surface area contributed by atoms with E-state index in [9.17, 15) is 4.79 Å². The minimum atomic E-state index is 0.756. The third-order valence-electron chi connectivity index (χ3n) is 1.66. The molecule has 12 heavy (non-hydrogen) atoms. The Morgan fingerprint density at radius 2 is 2.17 bits per heavy atom. The molecule has 0 amide bonds. The van der Waals surface area contributed by atoms with Gasteiger partial charge in [0.05, 0.1) is 0 Å². The number of aryl methyl sites for hydroxylation is 1. The molecule has 62 valence electrons. The fraction of sp³-hybridized carbons (Fsp3) is 0.100. The maximum atomic E-state index is 10.0. The summed E-state index contributed by atoms with van der Waals surface area (Å²) < 4.78 is 0. The Bertz CT molecular complexity index is 316. The third kappa shape index (κ3) is 1.95. The van der Waals surface area contributed by atoms with E-state index in [1.54, 1.807) is 6.08 Å². The molecule has 0 fully saturated rings. The van der Waals surface area contributed by atoms with Crippen LogP contribution in [0.1, 0.15) is 11.1 Å². The molecule has 2 N–H and O–H groups in total. The lowest BCUT2D eigenvalue weighted by atomic mass is 10.1. The number of anilines is 1. The lowest BCUT2D eigenvalue weighted by Crippen LogP contribution is -1.88. The van der Waals surface area contributed by atoms with Crippen LogP contribution < -0.4 is 5.73 Å². The van der Waals surface area contributed by atoms with E-state index in [1.807, 2.05) is 25.1 Å². The number of hydrogen-bond donors (Lipinski definition) is 1. The standard InChI is InChI=1S/C10H11NO/c1-8-7-9(3-2-6-12)4-5-10(8)11/h2-7H,11H2,1H3. The van der Waals surface area contributed by atoms with Crippen molar-refractivity contribution in [3.05, 3.63) is 35.4 Å². The Hall–Kier alpha value is -1.57. The molecule has 2 nitrogen and oxygen atoms in total. The van der Waals surface area contributed by atoms with Crippen LogP contribution in [0.5, 0.6) is 0 Å². The number of nitrogen functional groups attached to an aromatic ring is 1. The predicted molar refractivity (Wildman–Crippen MR) is 50.7 cm³/mol. The van der Waals surface area contributed by atoms with Gasteiger partial charge in [0.2, 0.25) is 0 Å². The van der Waals surface area contributed by atoms with Crippen molar-refractivity contribution < 1.29 is 4.79 Å². The number of hydrogen-bond acceptors (Lipinski definition) is 2. The summed E-state index contributed by atoms with van der Waals surface area (Å²) in [5, 5.41) is 0. The number of rotatable bonds is 2. The second-order valence-electron chi connectivity index (χ2n) is 2.61. The van der Waals surface area contributed by atoms with Gasteiger partial charge in [0, 0.05) is 5.69 Å². The summed E-state index contributed by atoms with van der Waals surface area (Å²) >= 11 is 0. The predicted octanol–water partition coefficient (Wildman–Crippen LogP) is 1.79. The van der Waals surface area contributed by atoms with Crippen molar-refractivity contribution >= 4 is 18.0 Å². The van der Waals surface area contributed by atoms with Crippen molar-refractivity contribution in [3.63, 3.8) is 0 Å². The molecule has 1 rings (SSSR count). The van der Waals surface area contributed by atoms with E-state index in [0.29, 0.717) is 0 Å². The van der Waals surface area contributed by atoms with Gasteiger partial charge in [-0.3, -0.25) is 4.79 Å². The molecule has 0 spiro atoms. The van der Waals surface area contributed by atoms with Crippen molar-refractivity contribution in [2.45, 2.75) is 6.92 Å². The summed E-state index contributed by atoms with van der Waals surface area (Å²) in [7, 11) is 0. The molecule has 0 aliphatic carbocycles. The first-order chi connectivity index (χ1) is 5.74. The lowest BCUT2D eigenvalue weighted by Gasteiger charge is -1.99. The van der Waals surface area contributed by atoms with Gasteiger partial charge in [-0.25, -0.2) is 0 Å². The van der Waals surface area contributed by atoms with E-state index in [-0.39, 0.29) is 0 Å². The summed E-state index contributed by atoms with van der Waals surface area (Å²) in [4.78, 5) is 10.0. The molecule has 0 unspecified atom stereocenters. The van der Waals surface area contributed by atoms with Crippen LogP contribution in [0.2, 0.25) is 0 Å². The molecule has 2 heteroatoms. The van der Waals surface area contributed by atoms with E-state index < -0.39 is 0 Å². The fourth-order valence-corrected chi connectivity index (χ4v) is 0.953. The van der Waals surface area contributed by atoms with Gasteiger partial charge >= 0.3 is 0 Å². The Kier molecular flexibility index (Phi) is 2.64. The lowest BCUT2D eigenvalue weighted by molar-refractivity contribution is -0.104. The average Bonchev–Trinajstić information content (AvgIpc) is 2.07. The van der Waals surface area contributed by atoms with Crippen LogP contribution in [-0.4, -0.2) is 6.29 Å². The maximum absolute atomic E-state index is 10.0. The number of benzene rings is 1. The summed E-state index contributed by atoms with van der Waals surface area (Å²) in [6.45, 7) is 1.94. The second kappa shape index (κ2) is 3.72. The summed E-state index contributed by atoms with van der Waals surface area (Å²) in [5.74, 6) is 0. The van der Waals surface area contributed by atoms with Crippen LogP contribution in [0.25, 0.3) is 6.08 Å². The van der Waals surface area contributed by atoms with E-state index in [4.69, 9.17) is 5.73 Å². The van der Waals surface area contributed by atoms with Crippen LogP contribution in [0.15, 0.2) is 24.3 Å². The van der Waals surface area contributed by atoms with E-state index >= 15 is 0 Å². The largest absolute Gasteiger partial charge is 0.399 e. The van der Waals surface area contributed by atoms with Crippen molar-refractivity contribution in [2.75, 3.05) is 5.73 Å². The molecular weight excluding hydrogens is 150 g/mol. The molecule has 0 heterocycles. The summed E-state index contributed by atoms with van der Waals surface area (Å²) in [6, 6.07) is 5.65. The van der Waals surface area contributed by atoms with Crippen LogP contribution in [0.4, 0.5) is 5.69 Å². The van der Waals surface area contributed by atoms with Crippen LogP contribution in [0, 0.1) is 6.92 Å². The van der Waals surface area contributed by atoms with Gasteiger partial charge < -0.3 is 5.73 Å². The smallest absolute Gasteiger partial charge is 0.142 e. The third-order valence-corrected chi connectivity index (χ3v) is 1.66. The van der Waals surface area contributed by atoms with Gasteiger partial charge in [0.1, 0.15) is 6.29 Å². The number of aldehydes is 1. The molecule has 0 aliphatic rings. The van der Waals surface area contributed by atoms with Crippen molar-refractivity contribution in [1.29, 1.82) is 0 Å². The first-order valence-corrected chi connectivity index (χ1v) is 3.72. The normalized spacial score (nSPS) is 10.4. The molecule has 0 bridgehead atoms. The SMILES string of the molecule is Cc1cc(C=CC=O)ccc1N. The maximum Gasteiger partial charge on any atom is 0.142 e. The molecule has 0 saturated heterocycles. The van der Waals surface area contributed by atoms with Gasteiger partial charge in [-0.15, -0.1) is 0 Å². The molecule has 0 atom stereocenters. The first-order valence-electron chi connectivity index (χ1n) is 3.72. The van der Waals surface area contributed by atoms with Gasteiger partial charge in [-0.2, -0.15) is 0 Å². The highest BCUT2D eigenvalue weighted by Gasteiger charge is 1.92. The quantitative estimate of drug-likeness (QED) is 0.408. The Labute approximate surface area is 71.7 Å².